The number of carbonyl (C=O) groups excluding carboxylic acids is 1. The van der Waals surface area contributed by atoms with Gasteiger partial charge in [0.05, 0.1) is 12.4 Å². The molecule has 108 valence electrons. The summed E-state index contributed by atoms with van der Waals surface area (Å²) in [5, 5.41) is 11.3. The molecular weight excluding hydrogens is 278 g/mol. The molecule has 2 rings (SSSR count). The molecule has 6 heteroatoms. The van der Waals surface area contributed by atoms with Gasteiger partial charge in [-0.25, -0.2) is 4.79 Å². The maximum atomic E-state index is 12.0. The number of amides is 1. The van der Waals surface area contributed by atoms with Gasteiger partial charge in [-0.05, 0) is 44.0 Å². The van der Waals surface area contributed by atoms with E-state index in [0.29, 0.717) is 12.8 Å². The molecule has 1 aliphatic carbocycles. The molecule has 1 aromatic rings. The van der Waals surface area contributed by atoms with Crippen molar-refractivity contribution in [3.63, 3.8) is 0 Å². The summed E-state index contributed by atoms with van der Waals surface area (Å²) in [4.78, 5) is 24.0. The van der Waals surface area contributed by atoms with Gasteiger partial charge in [-0.2, -0.15) is 0 Å². The normalized spacial score (nSPS) is 17.1. The van der Waals surface area contributed by atoms with Crippen molar-refractivity contribution in [2.75, 3.05) is 7.11 Å². The predicted molar refractivity (Wildman–Crippen MR) is 76.1 cm³/mol. The number of hydrogen-bond donors (Lipinski definition) is 2. The summed E-state index contributed by atoms with van der Waals surface area (Å²) < 4.78 is 5.07. The minimum absolute atomic E-state index is 0.245. The highest BCUT2D eigenvalue weighted by Gasteiger charge is 2.52. The fourth-order valence-electron chi connectivity index (χ4n) is 1.77. The number of methoxy groups -OCH3 is 1. The van der Waals surface area contributed by atoms with Gasteiger partial charge in [-0.15, -0.1) is 11.8 Å². The van der Waals surface area contributed by atoms with E-state index in [-0.39, 0.29) is 11.2 Å². The summed E-state index contributed by atoms with van der Waals surface area (Å²) >= 11 is 1.39. The Balaban J connectivity index is 1.92. The van der Waals surface area contributed by atoms with Gasteiger partial charge >= 0.3 is 5.97 Å². The minimum Gasteiger partial charge on any atom is -0.497 e. The van der Waals surface area contributed by atoms with Gasteiger partial charge in [0.2, 0.25) is 5.91 Å². The first-order valence-corrected chi connectivity index (χ1v) is 7.21. The predicted octanol–water partition coefficient (Wildman–Crippen LogP) is 1.91. The second-order valence-corrected chi connectivity index (χ2v) is 6.23. The van der Waals surface area contributed by atoms with Crippen LogP contribution in [0.3, 0.4) is 0 Å². The lowest BCUT2D eigenvalue weighted by Crippen LogP contribution is -2.46. The molecule has 1 aliphatic rings. The molecule has 0 radical (unpaired) electrons. The highest BCUT2D eigenvalue weighted by Crippen LogP contribution is 2.36. The van der Waals surface area contributed by atoms with Crippen LogP contribution >= 0.6 is 11.8 Å². The van der Waals surface area contributed by atoms with Crippen LogP contribution in [0.2, 0.25) is 0 Å². The molecule has 1 atom stereocenters. The van der Waals surface area contributed by atoms with Crippen LogP contribution in [0.1, 0.15) is 19.8 Å². The van der Waals surface area contributed by atoms with E-state index in [0.717, 1.165) is 10.6 Å². The lowest BCUT2D eigenvalue weighted by atomic mass is 10.2. The molecule has 20 heavy (non-hydrogen) atoms. The topological polar surface area (TPSA) is 75.6 Å². The van der Waals surface area contributed by atoms with Crippen LogP contribution in [0.25, 0.3) is 0 Å². The molecule has 0 heterocycles. The molecule has 1 unspecified atom stereocenters. The van der Waals surface area contributed by atoms with Gasteiger partial charge < -0.3 is 15.2 Å². The molecular formula is C14H17NO4S. The van der Waals surface area contributed by atoms with E-state index < -0.39 is 11.5 Å². The second-order valence-electron chi connectivity index (χ2n) is 4.81. The average molecular weight is 295 g/mol. The van der Waals surface area contributed by atoms with Crippen molar-refractivity contribution in [1.29, 1.82) is 0 Å². The lowest BCUT2D eigenvalue weighted by molar-refractivity contribution is -0.143. The van der Waals surface area contributed by atoms with Gasteiger partial charge in [0.1, 0.15) is 11.3 Å². The Morgan fingerprint density at radius 2 is 1.95 bits per heavy atom. The number of hydrogen-bond acceptors (Lipinski definition) is 4. The summed E-state index contributed by atoms with van der Waals surface area (Å²) in [6.07, 6.45) is 1.02. The van der Waals surface area contributed by atoms with Crippen LogP contribution in [0.5, 0.6) is 5.75 Å². The van der Waals surface area contributed by atoms with E-state index >= 15 is 0 Å². The number of thioether (sulfide) groups is 1. The number of ether oxygens (including phenoxy) is 1. The molecule has 1 fully saturated rings. The molecule has 1 aromatic carbocycles. The summed E-state index contributed by atoms with van der Waals surface area (Å²) in [5.74, 6) is -0.438. The Bertz CT molecular complexity index is 510. The highest BCUT2D eigenvalue weighted by molar-refractivity contribution is 8.00. The number of nitrogens with one attached hydrogen (secondary N) is 1. The van der Waals surface area contributed by atoms with Crippen LogP contribution in [0, 0.1) is 0 Å². The summed E-state index contributed by atoms with van der Waals surface area (Å²) in [6.45, 7) is 1.77. The Labute approximate surface area is 121 Å². The molecule has 1 amide bonds. The first-order chi connectivity index (χ1) is 9.47. The number of carboxylic acids is 1. The SMILES string of the molecule is COc1ccc(SC(C)C(=O)NC2(C(=O)O)CC2)cc1. The van der Waals surface area contributed by atoms with E-state index in [9.17, 15) is 9.59 Å². The van der Waals surface area contributed by atoms with Crippen molar-refractivity contribution < 1.29 is 19.4 Å². The van der Waals surface area contributed by atoms with Gasteiger partial charge in [0, 0.05) is 4.90 Å². The molecule has 0 spiro atoms. The number of aliphatic carboxylic acids is 1. The molecule has 0 aliphatic heterocycles. The van der Waals surface area contributed by atoms with Crippen molar-refractivity contribution in [2.24, 2.45) is 0 Å². The van der Waals surface area contributed by atoms with Gasteiger partial charge in [-0.1, -0.05) is 0 Å². The Morgan fingerprint density at radius 1 is 1.35 bits per heavy atom. The third kappa shape index (κ3) is 3.25. The van der Waals surface area contributed by atoms with Gasteiger partial charge in [-0.3, -0.25) is 4.79 Å². The number of carbonyl (C=O) groups is 2. The molecule has 5 nitrogen and oxygen atoms in total. The third-order valence-corrected chi connectivity index (χ3v) is 4.38. The first-order valence-electron chi connectivity index (χ1n) is 6.33. The average Bonchev–Trinajstić information content (AvgIpc) is 3.20. The zero-order chi connectivity index (χ0) is 14.8. The fraction of sp³-hybridized carbons (Fsp3) is 0.429. The second kappa shape index (κ2) is 5.75. The van der Waals surface area contributed by atoms with Gasteiger partial charge in [0.15, 0.2) is 0 Å². The van der Waals surface area contributed by atoms with Crippen molar-refractivity contribution in [3.05, 3.63) is 24.3 Å². The minimum atomic E-state index is -1.02. The number of carboxylic acid groups (broad SMARTS) is 1. The van der Waals surface area contributed by atoms with Crippen LogP contribution in [-0.2, 0) is 9.59 Å². The van der Waals surface area contributed by atoms with Crippen LogP contribution in [0.4, 0.5) is 0 Å². The zero-order valence-electron chi connectivity index (χ0n) is 11.4. The van der Waals surface area contributed by atoms with Crippen molar-refractivity contribution >= 4 is 23.6 Å². The monoisotopic (exact) mass is 295 g/mol. The van der Waals surface area contributed by atoms with Crippen LogP contribution < -0.4 is 10.1 Å². The van der Waals surface area contributed by atoms with E-state index in [1.54, 1.807) is 14.0 Å². The Morgan fingerprint density at radius 3 is 2.40 bits per heavy atom. The quantitative estimate of drug-likeness (QED) is 0.784. The van der Waals surface area contributed by atoms with Crippen molar-refractivity contribution in [1.82, 2.24) is 5.32 Å². The van der Waals surface area contributed by atoms with E-state index in [4.69, 9.17) is 9.84 Å². The van der Waals surface area contributed by atoms with Crippen molar-refractivity contribution in [2.45, 2.75) is 35.4 Å². The standard InChI is InChI=1S/C14H17NO4S/c1-9(12(16)15-14(7-8-14)13(17)18)20-11-5-3-10(19-2)4-6-11/h3-6,9H,7-8H2,1-2H3,(H,15,16)(H,17,18). The number of benzene rings is 1. The van der Waals surface area contributed by atoms with E-state index in [1.165, 1.54) is 11.8 Å². The Hall–Kier alpha value is -1.69. The highest BCUT2D eigenvalue weighted by atomic mass is 32.2. The largest absolute Gasteiger partial charge is 0.497 e. The fourth-order valence-corrected chi connectivity index (χ4v) is 2.63. The molecule has 0 aromatic heterocycles. The molecule has 1 saturated carbocycles. The lowest BCUT2D eigenvalue weighted by Gasteiger charge is -2.16. The maximum absolute atomic E-state index is 12.0. The molecule has 0 saturated heterocycles. The maximum Gasteiger partial charge on any atom is 0.329 e. The zero-order valence-corrected chi connectivity index (χ0v) is 12.2. The van der Waals surface area contributed by atoms with Crippen LogP contribution in [-0.4, -0.2) is 34.9 Å². The van der Waals surface area contributed by atoms with Crippen molar-refractivity contribution in [3.8, 4) is 5.75 Å². The van der Waals surface area contributed by atoms with E-state index in [2.05, 4.69) is 5.32 Å². The molecule has 0 bridgehead atoms. The van der Waals surface area contributed by atoms with E-state index in [1.807, 2.05) is 24.3 Å². The smallest absolute Gasteiger partial charge is 0.329 e. The number of rotatable bonds is 6. The summed E-state index contributed by atoms with van der Waals surface area (Å²) in [7, 11) is 1.60. The third-order valence-electron chi connectivity index (χ3n) is 3.26. The Kier molecular flexibility index (Phi) is 4.23. The van der Waals surface area contributed by atoms with Gasteiger partial charge in [0.25, 0.3) is 0 Å². The first kappa shape index (κ1) is 14.7. The summed E-state index contributed by atoms with van der Waals surface area (Å²) in [6, 6.07) is 7.40. The van der Waals surface area contributed by atoms with Crippen LogP contribution in [0.15, 0.2) is 29.2 Å². The summed E-state index contributed by atoms with van der Waals surface area (Å²) in [5.41, 5.74) is -1.02. The molecule has 2 N–H and O–H groups in total.